The van der Waals surface area contributed by atoms with Crippen molar-refractivity contribution in [3.05, 3.63) is 70.2 Å². The predicted octanol–water partition coefficient (Wildman–Crippen LogP) is 4.30. The molecule has 0 amide bonds. The van der Waals surface area contributed by atoms with Crippen LogP contribution in [-0.4, -0.2) is 24.2 Å². The van der Waals surface area contributed by atoms with E-state index in [0.717, 1.165) is 32.9 Å². The molecule has 0 aliphatic carbocycles. The average molecular weight is 361 g/mol. The van der Waals surface area contributed by atoms with Crippen molar-refractivity contribution in [1.29, 1.82) is 0 Å². The highest BCUT2D eigenvalue weighted by molar-refractivity contribution is 9.10. The molecule has 2 heterocycles. The molecule has 2 aromatic heterocycles. The summed E-state index contributed by atoms with van der Waals surface area (Å²) in [4.78, 5) is 6.60. The fourth-order valence-corrected chi connectivity index (χ4v) is 3.18. The number of aromatic amines is 2. The summed E-state index contributed by atoms with van der Waals surface area (Å²) >= 11 is 3.52. The molecule has 0 radical (unpaired) electrons. The number of methoxy groups -OCH3 is 2. The fraction of sp³-hybridized carbons (Fsp3) is 0.176. The topological polar surface area (TPSA) is 50.0 Å². The summed E-state index contributed by atoms with van der Waals surface area (Å²) in [5.74, 6) is 1.55. The third-order valence-corrected chi connectivity index (χ3v) is 4.45. The Morgan fingerprint density at radius 3 is 1.77 bits per heavy atom. The van der Waals surface area contributed by atoms with Gasteiger partial charge in [0.1, 0.15) is 16.0 Å². The molecule has 0 aliphatic heterocycles. The Balaban J connectivity index is 2.17. The molecule has 0 aliphatic rings. The molecule has 1 aromatic carbocycles. The SMILES string of the molecule is COc1cc(C(c2ccc[nH]2)c2ccc[nH]2)cc(OC)c1Br. The molecule has 0 unspecified atom stereocenters. The molecular formula is C17H17BrN2O2. The van der Waals surface area contributed by atoms with Crippen LogP contribution in [0.15, 0.2) is 53.3 Å². The van der Waals surface area contributed by atoms with Crippen molar-refractivity contribution in [2.45, 2.75) is 5.92 Å². The second-order valence-corrected chi connectivity index (χ2v) is 5.72. The van der Waals surface area contributed by atoms with Gasteiger partial charge in [0.25, 0.3) is 0 Å². The molecule has 0 atom stereocenters. The minimum Gasteiger partial charge on any atom is -0.495 e. The van der Waals surface area contributed by atoms with E-state index in [4.69, 9.17) is 9.47 Å². The van der Waals surface area contributed by atoms with Crippen molar-refractivity contribution >= 4 is 15.9 Å². The summed E-state index contributed by atoms with van der Waals surface area (Å²) in [5, 5.41) is 0. The minimum absolute atomic E-state index is 0.0564. The van der Waals surface area contributed by atoms with E-state index < -0.39 is 0 Å². The standard InChI is InChI=1S/C17H17BrN2O2/c1-21-14-9-11(10-15(22-2)17(14)18)16(12-5-3-7-19-12)13-6-4-8-20-13/h3-10,16,19-20H,1-2H3. The molecule has 3 aromatic rings. The van der Waals surface area contributed by atoms with Gasteiger partial charge >= 0.3 is 0 Å². The van der Waals surface area contributed by atoms with Crippen molar-refractivity contribution in [2.75, 3.05) is 14.2 Å². The zero-order valence-corrected chi connectivity index (χ0v) is 14.0. The van der Waals surface area contributed by atoms with Crippen LogP contribution in [0.4, 0.5) is 0 Å². The first-order valence-electron chi connectivity index (χ1n) is 6.92. The molecule has 2 N–H and O–H groups in total. The number of hydrogen-bond donors (Lipinski definition) is 2. The van der Waals surface area contributed by atoms with Crippen LogP contribution in [0.5, 0.6) is 11.5 Å². The Labute approximate surface area is 137 Å². The van der Waals surface area contributed by atoms with Crippen molar-refractivity contribution < 1.29 is 9.47 Å². The van der Waals surface area contributed by atoms with E-state index in [1.54, 1.807) is 14.2 Å². The van der Waals surface area contributed by atoms with Crippen LogP contribution in [0.2, 0.25) is 0 Å². The Kier molecular flexibility index (Phi) is 4.24. The zero-order chi connectivity index (χ0) is 15.5. The Bertz CT molecular complexity index is 677. The number of nitrogens with one attached hydrogen (secondary N) is 2. The van der Waals surface area contributed by atoms with Gasteiger partial charge < -0.3 is 19.4 Å². The van der Waals surface area contributed by atoms with Crippen LogP contribution in [0.3, 0.4) is 0 Å². The average Bonchev–Trinajstić information content (AvgIpc) is 3.23. The smallest absolute Gasteiger partial charge is 0.137 e. The molecule has 0 spiro atoms. The maximum atomic E-state index is 5.47. The first-order chi connectivity index (χ1) is 10.7. The van der Waals surface area contributed by atoms with Crippen molar-refractivity contribution in [3.63, 3.8) is 0 Å². The molecule has 114 valence electrons. The van der Waals surface area contributed by atoms with Crippen LogP contribution in [0.1, 0.15) is 22.9 Å². The van der Waals surface area contributed by atoms with Crippen LogP contribution in [0, 0.1) is 0 Å². The van der Waals surface area contributed by atoms with Gasteiger partial charge in [-0.05, 0) is 57.9 Å². The summed E-state index contributed by atoms with van der Waals surface area (Å²) in [5.41, 5.74) is 3.30. The van der Waals surface area contributed by atoms with E-state index in [1.807, 2.05) is 36.7 Å². The number of benzene rings is 1. The first-order valence-corrected chi connectivity index (χ1v) is 7.72. The monoisotopic (exact) mass is 360 g/mol. The molecule has 5 heteroatoms. The van der Waals surface area contributed by atoms with Crippen LogP contribution in [0.25, 0.3) is 0 Å². The maximum absolute atomic E-state index is 5.47. The van der Waals surface area contributed by atoms with Gasteiger partial charge in [0, 0.05) is 23.8 Å². The number of hydrogen-bond acceptors (Lipinski definition) is 2. The minimum atomic E-state index is 0.0564. The van der Waals surface area contributed by atoms with E-state index in [1.165, 1.54) is 0 Å². The number of halogens is 1. The summed E-state index contributed by atoms with van der Waals surface area (Å²) in [6.45, 7) is 0. The molecular weight excluding hydrogens is 344 g/mol. The van der Waals surface area contributed by atoms with Gasteiger partial charge in [-0.3, -0.25) is 0 Å². The Morgan fingerprint density at radius 2 is 1.41 bits per heavy atom. The Morgan fingerprint density at radius 1 is 0.909 bits per heavy atom. The van der Waals surface area contributed by atoms with Crippen LogP contribution < -0.4 is 9.47 Å². The lowest BCUT2D eigenvalue weighted by atomic mass is 9.92. The van der Waals surface area contributed by atoms with Gasteiger partial charge in [-0.25, -0.2) is 0 Å². The fourth-order valence-electron chi connectivity index (χ4n) is 2.63. The third-order valence-electron chi connectivity index (χ3n) is 3.67. The number of rotatable bonds is 5. The lowest BCUT2D eigenvalue weighted by molar-refractivity contribution is 0.388. The predicted molar refractivity (Wildman–Crippen MR) is 89.8 cm³/mol. The quantitative estimate of drug-likeness (QED) is 0.712. The molecule has 0 saturated heterocycles. The molecule has 0 fully saturated rings. The lowest BCUT2D eigenvalue weighted by Gasteiger charge is -2.18. The van der Waals surface area contributed by atoms with Crippen LogP contribution in [-0.2, 0) is 0 Å². The Hall–Kier alpha value is -2.14. The van der Waals surface area contributed by atoms with E-state index in [-0.39, 0.29) is 5.92 Å². The van der Waals surface area contributed by atoms with E-state index in [9.17, 15) is 0 Å². The lowest BCUT2D eigenvalue weighted by Crippen LogP contribution is -2.05. The molecule has 22 heavy (non-hydrogen) atoms. The highest BCUT2D eigenvalue weighted by Crippen LogP contribution is 2.40. The third kappa shape index (κ3) is 2.64. The largest absolute Gasteiger partial charge is 0.495 e. The second kappa shape index (κ2) is 6.32. The highest BCUT2D eigenvalue weighted by atomic mass is 79.9. The van der Waals surface area contributed by atoms with Gasteiger partial charge in [0.05, 0.1) is 20.1 Å². The molecule has 4 nitrogen and oxygen atoms in total. The van der Waals surface area contributed by atoms with E-state index >= 15 is 0 Å². The summed E-state index contributed by atoms with van der Waals surface area (Å²) in [6.07, 6.45) is 3.86. The van der Waals surface area contributed by atoms with Gasteiger partial charge in [-0.2, -0.15) is 0 Å². The molecule has 0 saturated carbocycles. The second-order valence-electron chi connectivity index (χ2n) is 4.92. The van der Waals surface area contributed by atoms with E-state index in [0.29, 0.717) is 0 Å². The number of H-pyrrole nitrogens is 2. The molecule has 0 bridgehead atoms. The summed E-state index contributed by atoms with van der Waals surface area (Å²) in [7, 11) is 3.31. The van der Waals surface area contributed by atoms with Crippen LogP contribution >= 0.6 is 15.9 Å². The zero-order valence-electron chi connectivity index (χ0n) is 12.4. The molecule has 3 rings (SSSR count). The maximum Gasteiger partial charge on any atom is 0.137 e. The summed E-state index contributed by atoms with van der Waals surface area (Å²) < 4.78 is 11.7. The van der Waals surface area contributed by atoms with Crippen molar-refractivity contribution in [3.8, 4) is 11.5 Å². The van der Waals surface area contributed by atoms with Gasteiger partial charge in [-0.1, -0.05) is 0 Å². The van der Waals surface area contributed by atoms with Crippen molar-refractivity contribution in [2.24, 2.45) is 0 Å². The number of ether oxygens (including phenoxy) is 2. The van der Waals surface area contributed by atoms with Crippen molar-refractivity contribution in [1.82, 2.24) is 9.97 Å². The summed E-state index contributed by atoms with van der Waals surface area (Å²) in [6, 6.07) is 12.2. The normalized spacial score (nSPS) is 10.9. The van der Waals surface area contributed by atoms with Gasteiger partial charge in [0.15, 0.2) is 0 Å². The van der Waals surface area contributed by atoms with Gasteiger partial charge in [-0.15, -0.1) is 0 Å². The van der Waals surface area contributed by atoms with Gasteiger partial charge in [0.2, 0.25) is 0 Å². The number of aromatic nitrogens is 2. The van der Waals surface area contributed by atoms with E-state index in [2.05, 4.69) is 38.0 Å². The highest BCUT2D eigenvalue weighted by Gasteiger charge is 2.21. The first kappa shape index (κ1) is 14.8.